The van der Waals surface area contributed by atoms with E-state index in [-0.39, 0.29) is 19.6 Å². The molecule has 1 aliphatic carbocycles. The van der Waals surface area contributed by atoms with Crippen LogP contribution in [0.25, 0.3) is 0 Å². The van der Waals surface area contributed by atoms with Crippen molar-refractivity contribution in [3.63, 3.8) is 0 Å². The first-order valence-electron chi connectivity index (χ1n) is 10.8. The van der Waals surface area contributed by atoms with Gasteiger partial charge in [-0.05, 0) is 17.5 Å². The van der Waals surface area contributed by atoms with Crippen LogP contribution in [0.3, 0.4) is 0 Å². The molecule has 10 nitrogen and oxygen atoms in total. The van der Waals surface area contributed by atoms with Crippen LogP contribution >= 0.6 is 0 Å². The lowest BCUT2D eigenvalue weighted by molar-refractivity contribution is -0.168. The second kappa shape index (κ2) is 12.0. The van der Waals surface area contributed by atoms with Crippen LogP contribution < -0.4 is 10.6 Å². The highest BCUT2D eigenvalue weighted by Crippen LogP contribution is 2.24. The Morgan fingerprint density at radius 3 is 1.74 bits per heavy atom. The van der Waals surface area contributed by atoms with Gasteiger partial charge in [0.25, 0.3) is 0 Å². The summed E-state index contributed by atoms with van der Waals surface area (Å²) in [7, 11) is 0. The van der Waals surface area contributed by atoms with Crippen molar-refractivity contribution in [1.82, 2.24) is 10.6 Å². The third-order valence-electron chi connectivity index (χ3n) is 5.34. The van der Waals surface area contributed by atoms with Crippen LogP contribution in [0.1, 0.15) is 24.5 Å². The zero-order chi connectivity index (χ0) is 24.5. The predicted molar refractivity (Wildman–Crippen MR) is 119 cm³/mol. The van der Waals surface area contributed by atoms with Crippen molar-refractivity contribution in [2.45, 2.75) is 57.0 Å². The lowest BCUT2D eigenvalue weighted by Gasteiger charge is -2.42. The van der Waals surface area contributed by atoms with E-state index in [2.05, 4.69) is 10.6 Å². The fraction of sp³-hybridized carbons (Fsp3) is 0.375. The number of ether oxygens (including phenoxy) is 3. The number of rotatable bonds is 7. The summed E-state index contributed by atoms with van der Waals surface area (Å²) in [6, 6.07) is 16.1. The van der Waals surface area contributed by atoms with Gasteiger partial charge in [-0.25, -0.2) is 9.59 Å². The monoisotopic (exact) mass is 472 g/mol. The van der Waals surface area contributed by atoms with E-state index in [1.54, 1.807) is 48.5 Å². The van der Waals surface area contributed by atoms with E-state index >= 15 is 0 Å². The molecule has 0 aliphatic heterocycles. The van der Waals surface area contributed by atoms with Gasteiger partial charge in [-0.1, -0.05) is 60.7 Å². The van der Waals surface area contributed by atoms with E-state index < -0.39 is 48.6 Å². The summed E-state index contributed by atoms with van der Waals surface area (Å²) in [5, 5.41) is 26.1. The molecule has 0 heterocycles. The summed E-state index contributed by atoms with van der Waals surface area (Å²) in [4.78, 5) is 36.2. The van der Waals surface area contributed by atoms with Crippen molar-refractivity contribution >= 4 is 18.2 Å². The zero-order valence-corrected chi connectivity index (χ0v) is 18.6. The van der Waals surface area contributed by atoms with Gasteiger partial charge >= 0.3 is 18.2 Å². The van der Waals surface area contributed by atoms with Crippen molar-refractivity contribution in [1.29, 1.82) is 0 Å². The largest absolute Gasteiger partial charge is 0.457 e. The van der Waals surface area contributed by atoms with Gasteiger partial charge in [0.15, 0.2) is 6.10 Å². The average Bonchev–Trinajstić information content (AvgIpc) is 2.83. The maximum Gasteiger partial charge on any atom is 0.407 e. The lowest BCUT2D eigenvalue weighted by atomic mass is 9.83. The maximum absolute atomic E-state index is 12.4. The predicted octanol–water partition coefficient (Wildman–Crippen LogP) is 1.63. The third-order valence-corrected chi connectivity index (χ3v) is 5.34. The molecule has 0 bridgehead atoms. The Labute approximate surface area is 196 Å². The molecule has 0 radical (unpaired) electrons. The van der Waals surface area contributed by atoms with Gasteiger partial charge in [-0.3, -0.25) is 4.79 Å². The number of alkyl carbamates (subject to hydrolysis) is 2. The molecule has 0 aromatic heterocycles. The van der Waals surface area contributed by atoms with Gasteiger partial charge in [-0.15, -0.1) is 0 Å². The van der Waals surface area contributed by atoms with Crippen LogP contribution in [-0.2, 0) is 32.2 Å². The molecule has 3 rings (SSSR count). The van der Waals surface area contributed by atoms with Crippen LogP contribution in [-0.4, -0.2) is 58.8 Å². The standard InChI is InChI=1S/C24H28N2O8/c1-15(27)34-22-19(26-24(31)33-14-17-10-6-3-7-11-17)12-18(20(28)21(22)29)25-23(30)32-13-16-8-4-2-5-9-16/h2-11,18-22,28-29H,12-14H2,1H3,(H,25,30)(H,26,31). The van der Waals surface area contributed by atoms with Crippen LogP contribution in [0.15, 0.2) is 60.7 Å². The summed E-state index contributed by atoms with van der Waals surface area (Å²) in [5.74, 6) is -0.700. The summed E-state index contributed by atoms with van der Waals surface area (Å²) in [6.07, 6.45) is -5.94. The first-order chi connectivity index (χ1) is 16.3. The van der Waals surface area contributed by atoms with Crippen LogP contribution in [0, 0.1) is 0 Å². The number of carbonyl (C=O) groups is 3. The molecule has 5 atom stereocenters. The van der Waals surface area contributed by atoms with Crippen molar-refractivity contribution in [2.24, 2.45) is 0 Å². The summed E-state index contributed by atoms with van der Waals surface area (Å²) >= 11 is 0. The maximum atomic E-state index is 12.4. The molecule has 4 N–H and O–H groups in total. The molecule has 1 fully saturated rings. The fourth-order valence-corrected chi connectivity index (χ4v) is 3.68. The molecule has 182 valence electrons. The summed E-state index contributed by atoms with van der Waals surface area (Å²) in [5.41, 5.74) is 1.55. The van der Waals surface area contributed by atoms with Crippen molar-refractivity contribution < 1.29 is 38.8 Å². The molecule has 0 spiro atoms. The molecule has 10 heteroatoms. The quantitative estimate of drug-likeness (QED) is 0.352. The van der Waals surface area contributed by atoms with Gasteiger partial charge in [-0.2, -0.15) is 0 Å². The average molecular weight is 472 g/mol. The highest BCUT2D eigenvalue weighted by molar-refractivity contribution is 5.69. The topological polar surface area (TPSA) is 143 Å². The van der Waals surface area contributed by atoms with Crippen LogP contribution in [0.4, 0.5) is 9.59 Å². The van der Waals surface area contributed by atoms with Crippen LogP contribution in [0.2, 0.25) is 0 Å². The van der Waals surface area contributed by atoms with E-state index in [9.17, 15) is 24.6 Å². The summed E-state index contributed by atoms with van der Waals surface area (Å²) < 4.78 is 15.5. The van der Waals surface area contributed by atoms with E-state index in [0.29, 0.717) is 0 Å². The molecule has 2 amide bonds. The molecule has 1 aliphatic rings. The van der Waals surface area contributed by atoms with E-state index in [4.69, 9.17) is 14.2 Å². The minimum Gasteiger partial charge on any atom is -0.457 e. The van der Waals surface area contributed by atoms with Gasteiger partial charge < -0.3 is 35.1 Å². The van der Waals surface area contributed by atoms with Crippen LogP contribution in [0.5, 0.6) is 0 Å². The van der Waals surface area contributed by atoms with E-state index in [1.165, 1.54) is 0 Å². The first-order valence-corrected chi connectivity index (χ1v) is 10.8. The number of hydrogen-bond acceptors (Lipinski definition) is 8. The highest BCUT2D eigenvalue weighted by atomic mass is 16.6. The summed E-state index contributed by atoms with van der Waals surface area (Å²) in [6.45, 7) is 1.17. The second-order valence-corrected chi connectivity index (χ2v) is 7.92. The highest BCUT2D eigenvalue weighted by Gasteiger charge is 2.46. The van der Waals surface area contributed by atoms with Gasteiger partial charge in [0.1, 0.15) is 25.4 Å². The molecule has 2 aromatic rings. The number of hydrogen-bond donors (Lipinski definition) is 4. The second-order valence-electron chi connectivity index (χ2n) is 7.92. The number of aliphatic hydroxyl groups excluding tert-OH is 2. The number of benzene rings is 2. The van der Waals surface area contributed by atoms with Gasteiger partial charge in [0, 0.05) is 6.92 Å². The van der Waals surface area contributed by atoms with E-state index in [0.717, 1.165) is 18.1 Å². The molecule has 5 unspecified atom stereocenters. The Morgan fingerprint density at radius 2 is 1.26 bits per heavy atom. The Kier molecular flexibility index (Phi) is 8.83. The molecule has 2 aromatic carbocycles. The first kappa shape index (κ1) is 25.0. The number of carbonyl (C=O) groups excluding carboxylic acids is 3. The fourth-order valence-electron chi connectivity index (χ4n) is 3.68. The van der Waals surface area contributed by atoms with Crippen molar-refractivity contribution in [2.75, 3.05) is 0 Å². The number of amides is 2. The minimum absolute atomic E-state index is 0.0102. The molecule has 1 saturated carbocycles. The molecule has 0 saturated heterocycles. The molecular formula is C24H28N2O8. The normalized spacial score (nSPS) is 23.9. The van der Waals surface area contributed by atoms with Crippen molar-refractivity contribution in [3.05, 3.63) is 71.8 Å². The SMILES string of the molecule is CC(=O)OC1C(NC(=O)OCc2ccccc2)CC(NC(=O)OCc2ccccc2)C(O)C1O. The van der Waals surface area contributed by atoms with E-state index in [1.807, 2.05) is 12.1 Å². The third kappa shape index (κ3) is 7.19. The smallest absolute Gasteiger partial charge is 0.407 e. The Morgan fingerprint density at radius 1 is 0.794 bits per heavy atom. The van der Waals surface area contributed by atoms with Gasteiger partial charge in [0.2, 0.25) is 0 Å². The number of nitrogens with one attached hydrogen (secondary N) is 2. The Hall–Kier alpha value is -3.63. The Bertz CT molecular complexity index is 956. The lowest BCUT2D eigenvalue weighted by Crippen LogP contribution is -2.65. The molecule has 34 heavy (non-hydrogen) atoms. The van der Waals surface area contributed by atoms with Crippen molar-refractivity contribution in [3.8, 4) is 0 Å². The Balaban J connectivity index is 1.61. The minimum atomic E-state index is -1.57. The van der Waals surface area contributed by atoms with Gasteiger partial charge in [0.05, 0.1) is 12.1 Å². The molecular weight excluding hydrogens is 444 g/mol. The number of aliphatic hydroxyl groups is 2. The number of esters is 1. The zero-order valence-electron chi connectivity index (χ0n) is 18.6.